The summed E-state index contributed by atoms with van der Waals surface area (Å²) in [5.41, 5.74) is 3.79. The lowest BCUT2D eigenvalue weighted by Crippen LogP contribution is -2.52. The molecule has 0 aromatic heterocycles. The van der Waals surface area contributed by atoms with E-state index in [0.29, 0.717) is 19.4 Å². The first kappa shape index (κ1) is 32.0. The third-order valence-electron chi connectivity index (χ3n) is 7.52. The number of sulfonamides is 1. The SMILES string of the molecule is Cc1cc(Br)cc(C)c1N1CCCC(NC(=O)c2ccc(Cl)c(S(=O)(=O)N(Cc3ccccc3)c3ccccc3Cl)c2)C1=O. The summed E-state index contributed by atoms with van der Waals surface area (Å²) in [7, 11) is -4.31. The van der Waals surface area contributed by atoms with E-state index < -0.39 is 22.0 Å². The Morgan fingerprint density at radius 1 is 0.955 bits per heavy atom. The van der Waals surface area contributed by atoms with Gasteiger partial charge in [-0.1, -0.05) is 81.6 Å². The van der Waals surface area contributed by atoms with Gasteiger partial charge in [-0.3, -0.25) is 13.9 Å². The molecule has 1 fully saturated rings. The maximum Gasteiger partial charge on any atom is 0.266 e. The standard InChI is InChI=1S/C33H30BrCl2N3O4S/c1-21-17-25(34)18-22(2)31(21)38-16-8-12-28(33(38)41)37-32(40)24-14-15-27(36)30(19-24)44(42,43)39(20-23-9-4-3-5-10-23)29-13-7-6-11-26(29)35/h3-7,9-11,13-15,17-19,28H,8,12,16,20H2,1-2H3,(H,37,40). The first-order valence-electron chi connectivity index (χ1n) is 14.0. The summed E-state index contributed by atoms with van der Waals surface area (Å²) in [6, 6.07) is 22.9. The number of hydrogen-bond donors (Lipinski definition) is 1. The Morgan fingerprint density at radius 2 is 1.61 bits per heavy atom. The molecule has 0 spiro atoms. The Bertz CT molecular complexity index is 1810. The van der Waals surface area contributed by atoms with E-state index in [2.05, 4.69) is 21.2 Å². The van der Waals surface area contributed by atoms with Gasteiger partial charge in [-0.05, 0) is 85.8 Å². The molecule has 7 nitrogen and oxygen atoms in total. The Kier molecular flexibility index (Phi) is 9.70. The van der Waals surface area contributed by atoms with Crippen molar-refractivity contribution in [3.05, 3.63) is 122 Å². The summed E-state index contributed by atoms with van der Waals surface area (Å²) in [5.74, 6) is -0.789. The predicted molar refractivity (Wildman–Crippen MR) is 179 cm³/mol. The number of benzene rings is 4. The minimum atomic E-state index is -4.31. The minimum absolute atomic E-state index is 0.0129. The van der Waals surface area contributed by atoms with Crippen LogP contribution in [0.1, 0.15) is 39.9 Å². The highest BCUT2D eigenvalue weighted by Crippen LogP contribution is 2.35. The highest BCUT2D eigenvalue weighted by atomic mass is 79.9. The number of aryl methyl sites for hydroxylation is 2. The number of amides is 2. The summed E-state index contributed by atoms with van der Waals surface area (Å²) in [6.45, 7) is 4.42. The van der Waals surface area contributed by atoms with E-state index >= 15 is 0 Å². The van der Waals surface area contributed by atoms with Crippen molar-refractivity contribution in [3.63, 3.8) is 0 Å². The van der Waals surface area contributed by atoms with E-state index in [-0.39, 0.29) is 38.6 Å². The monoisotopic (exact) mass is 713 g/mol. The van der Waals surface area contributed by atoms with Crippen molar-refractivity contribution in [1.82, 2.24) is 5.32 Å². The molecule has 0 radical (unpaired) electrons. The van der Waals surface area contributed by atoms with Gasteiger partial charge >= 0.3 is 0 Å². The number of nitrogens with one attached hydrogen (secondary N) is 1. The van der Waals surface area contributed by atoms with Crippen LogP contribution in [0.5, 0.6) is 0 Å². The molecule has 11 heteroatoms. The van der Waals surface area contributed by atoms with Gasteiger partial charge in [-0.2, -0.15) is 0 Å². The number of carbonyl (C=O) groups excluding carboxylic acids is 2. The third kappa shape index (κ3) is 6.66. The largest absolute Gasteiger partial charge is 0.340 e. The lowest BCUT2D eigenvalue weighted by molar-refractivity contribution is -0.121. The number of piperidine rings is 1. The van der Waals surface area contributed by atoms with Gasteiger partial charge in [0.15, 0.2) is 0 Å². The average molecular weight is 715 g/mol. The lowest BCUT2D eigenvalue weighted by atomic mass is 10.00. The number of anilines is 2. The fourth-order valence-electron chi connectivity index (χ4n) is 5.47. The predicted octanol–water partition coefficient (Wildman–Crippen LogP) is 7.69. The molecule has 1 N–H and O–H groups in total. The zero-order chi connectivity index (χ0) is 31.6. The molecule has 1 aliphatic heterocycles. The second-order valence-corrected chi connectivity index (χ2v) is 14.2. The summed E-state index contributed by atoms with van der Waals surface area (Å²) in [5, 5.41) is 3.03. The van der Waals surface area contributed by atoms with Crippen LogP contribution in [-0.2, 0) is 21.4 Å². The quantitative estimate of drug-likeness (QED) is 0.203. The summed E-state index contributed by atoms with van der Waals surface area (Å²) >= 11 is 16.4. The number of rotatable bonds is 8. The molecule has 4 aromatic rings. The van der Waals surface area contributed by atoms with E-state index in [1.807, 2.05) is 56.3 Å². The van der Waals surface area contributed by atoms with E-state index in [1.54, 1.807) is 29.2 Å². The van der Waals surface area contributed by atoms with Crippen LogP contribution < -0.4 is 14.5 Å². The summed E-state index contributed by atoms with van der Waals surface area (Å²) < 4.78 is 30.5. The first-order chi connectivity index (χ1) is 21.0. The van der Waals surface area contributed by atoms with Gasteiger partial charge in [0, 0.05) is 22.3 Å². The fraction of sp³-hybridized carbons (Fsp3) is 0.212. The average Bonchev–Trinajstić information content (AvgIpc) is 2.98. The molecule has 1 aliphatic rings. The molecule has 1 atom stereocenters. The number of carbonyl (C=O) groups is 2. The lowest BCUT2D eigenvalue weighted by Gasteiger charge is -2.34. The Morgan fingerprint density at radius 3 is 2.30 bits per heavy atom. The highest BCUT2D eigenvalue weighted by molar-refractivity contribution is 9.10. The molecule has 1 unspecified atom stereocenters. The van der Waals surface area contributed by atoms with Gasteiger partial charge in [0.25, 0.3) is 15.9 Å². The zero-order valence-electron chi connectivity index (χ0n) is 24.1. The molecule has 4 aromatic carbocycles. The van der Waals surface area contributed by atoms with Crippen LogP contribution >= 0.6 is 39.1 Å². The van der Waals surface area contributed by atoms with E-state index in [4.69, 9.17) is 23.2 Å². The van der Waals surface area contributed by atoms with Crippen molar-refractivity contribution in [3.8, 4) is 0 Å². The van der Waals surface area contributed by atoms with Crippen molar-refractivity contribution in [2.45, 2.75) is 44.2 Å². The minimum Gasteiger partial charge on any atom is -0.340 e. The Labute approximate surface area is 276 Å². The normalized spacial score (nSPS) is 15.2. The maximum absolute atomic E-state index is 14.2. The van der Waals surface area contributed by atoms with Gasteiger partial charge in [0.05, 0.1) is 22.3 Å². The van der Waals surface area contributed by atoms with Gasteiger partial charge in [-0.15, -0.1) is 0 Å². The summed E-state index contributed by atoms with van der Waals surface area (Å²) in [4.78, 5) is 28.5. The molecular formula is C33H30BrCl2N3O4S. The van der Waals surface area contributed by atoms with Crippen molar-refractivity contribution in [2.75, 3.05) is 15.7 Å². The molecule has 0 aliphatic carbocycles. The zero-order valence-corrected chi connectivity index (χ0v) is 28.0. The fourth-order valence-corrected chi connectivity index (χ4v) is 8.42. The van der Waals surface area contributed by atoms with Gasteiger partial charge in [0.1, 0.15) is 10.9 Å². The molecule has 0 bridgehead atoms. The third-order valence-corrected chi connectivity index (χ3v) is 10.5. The van der Waals surface area contributed by atoms with Gasteiger partial charge in [-0.25, -0.2) is 8.42 Å². The Hall–Kier alpha value is -3.37. The summed E-state index contributed by atoms with van der Waals surface area (Å²) in [6.07, 6.45) is 1.16. The molecule has 5 rings (SSSR count). The number of para-hydroxylation sites is 1. The molecular weight excluding hydrogens is 685 g/mol. The van der Waals surface area contributed by atoms with Crippen molar-refractivity contribution < 1.29 is 18.0 Å². The second-order valence-electron chi connectivity index (χ2n) is 10.6. The first-order valence-corrected chi connectivity index (χ1v) is 17.0. The molecule has 228 valence electrons. The van der Waals surface area contributed by atoms with Crippen LogP contribution in [0.4, 0.5) is 11.4 Å². The van der Waals surface area contributed by atoms with Crippen LogP contribution in [0.25, 0.3) is 0 Å². The number of nitrogens with zero attached hydrogens (tertiary/aromatic N) is 2. The topological polar surface area (TPSA) is 86.8 Å². The molecule has 1 saturated heterocycles. The maximum atomic E-state index is 14.2. The van der Waals surface area contributed by atoms with Gasteiger partial charge in [0.2, 0.25) is 5.91 Å². The van der Waals surface area contributed by atoms with Crippen LogP contribution in [0.15, 0.2) is 94.3 Å². The molecule has 1 heterocycles. The number of halogens is 3. The van der Waals surface area contributed by atoms with E-state index in [9.17, 15) is 18.0 Å². The van der Waals surface area contributed by atoms with Crippen LogP contribution in [0.2, 0.25) is 10.0 Å². The van der Waals surface area contributed by atoms with E-state index in [1.165, 1.54) is 22.5 Å². The smallest absolute Gasteiger partial charge is 0.266 e. The number of hydrogen-bond acceptors (Lipinski definition) is 4. The second kappa shape index (κ2) is 13.3. The van der Waals surface area contributed by atoms with Crippen molar-refractivity contribution >= 4 is 72.3 Å². The molecule has 2 amide bonds. The van der Waals surface area contributed by atoms with Crippen molar-refractivity contribution in [2.24, 2.45) is 0 Å². The molecule has 0 saturated carbocycles. The van der Waals surface area contributed by atoms with Crippen LogP contribution in [-0.4, -0.2) is 32.8 Å². The van der Waals surface area contributed by atoms with Crippen LogP contribution in [0, 0.1) is 13.8 Å². The van der Waals surface area contributed by atoms with E-state index in [0.717, 1.165) is 26.9 Å². The Balaban J connectivity index is 1.44. The van der Waals surface area contributed by atoms with Gasteiger partial charge < -0.3 is 10.2 Å². The molecule has 44 heavy (non-hydrogen) atoms. The highest BCUT2D eigenvalue weighted by Gasteiger charge is 2.34. The van der Waals surface area contributed by atoms with Crippen molar-refractivity contribution in [1.29, 1.82) is 0 Å². The van der Waals surface area contributed by atoms with Crippen LogP contribution in [0.3, 0.4) is 0 Å².